The van der Waals surface area contributed by atoms with Crippen molar-refractivity contribution < 1.29 is 4.76 Å². The molecule has 2 nitrogen and oxygen atoms in total. The van der Waals surface area contributed by atoms with E-state index in [4.69, 9.17) is 23.2 Å². The molecule has 4 heteroatoms. The van der Waals surface area contributed by atoms with E-state index in [9.17, 15) is 4.91 Å². The summed E-state index contributed by atoms with van der Waals surface area (Å²) >= 11 is 11.7. The van der Waals surface area contributed by atoms with Gasteiger partial charge in [0, 0.05) is 17.0 Å². The Hall–Kier alpha value is -0.860. The summed E-state index contributed by atoms with van der Waals surface area (Å²) in [6, 6.07) is 7.11. The number of rotatable bonds is 0. The van der Waals surface area contributed by atoms with Crippen LogP contribution in [0, 0.1) is 4.91 Å². The third kappa shape index (κ3) is 1.36. The molecule has 0 amide bonds. The van der Waals surface area contributed by atoms with E-state index in [0.29, 0.717) is 10.7 Å². The van der Waals surface area contributed by atoms with E-state index in [0.717, 1.165) is 10.3 Å². The summed E-state index contributed by atoms with van der Waals surface area (Å²) in [7, 11) is 0. The minimum Gasteiger partial charge on any atom is -0.0834 e. The fraction of sp³-hybridized carbons (Fsp3) is 0.111. The van der Waals surface area contributed by atoms with Gasteiger partial charge in [-0.2, -0.15) is 0 Å². The number of nitrogens with zero attached hydrogens (tertiary/aromatic N) is 1. The number of halogens is 2. The molecule has 1 heterocycles. The van der Waals surface area contributed by atoms with Crippen molar-refractivity contribution >= 4 is 33.9 Å². The predicted molar refractivity (Wildman–Crippen MR) is 53.2 cm³/mol. The molecule has 0 saturated heterocycles. The second-order valence-electron chi connectivity index (χ2n) is 2.73. The molecular weight excluding hydrogens is 209 g/mol. The first-order valence-electron chi connectivity index (χ1n) is 3.77. The molecule has 66 valence electrons. The molecule has 0 saturated carbocycles. The van der Waals surface area contributed by atoms with Crippen LogP contribution >= 0.6 is 23.2 Å². The SMILES string of the molecule is O=[N+]1c2ccccc2C(Cl)=CC1Cl. The van der Waals surface area contributed by atoms with Crippen molar-refractivity contribution in [3.63, 3.8) is 0 Å². The Labute approximate surface area is 85.3 Å². The molecule has 1 atom stereocenters. The van der Waals surface area contributed by atoms with Gasteiger partial charge in [0.05, 0.1) is 15.4 Å². The molecule has 0 radical (unpaired) electrons. The maximum absolute atomic E-state index is 11.4. The fourth-order valence-electron chi connectivity index (χ4n) is 1.28. The van der Waals surface area contributed by atoms with E-state index in [1.54, 1.807) is 18.2 Å². The summed E-state index contributed by atoms with van der Waals surface area (Å²) in [4.78, 5) is 11.4. The van der Waals surface area contributed by atoms with Crippen LogP contribution < -0.4 is 0 Å². The van der Waals surface area contributed by atoms with Crippen molar-refractivity contribution in [1.29, 1.82) is 0 Å². The summed E-state index contributed by atoms with van der Waals surface area (Å²) in [6.07, 6.45) is 1.53. The molecule has 1 aliphatic rings. The van der Waals surface area contributed by atoms with Crippen LogP contribution in [0.15, 0.2) is 30.3 Å². The molecule has 1 aliphatic heterocycles. The lowest BCUT2D eigenvalue weighted by molar-refractivity contribution is -0.470. The highest BCUT2D eigenvalue weighted by Crippen LogP contribution is 2.35. The number of hydrogen-bond donors (Lipinski definition) is 0. The topological polar surface area (TPSA) is 20.1 Å². The Morgan fingerprint density at radius 2 is 2.00 bits per heavy atom. The number of fused-ring (bicyclic) bond motifs is 1. The smallest absolute Gasteiger partial charge is 0.0834 e. The molecule has 0 N–H and O–H groups in total. The van der Waals surface area contributed by atoms with Crippen LogP contribution in [0.25, 0.3) is 5.03 Å². The van der Waals surface area contributed by atoms with Crippen molar-refractivity contribution in [2.75, 3.05) is 0 Å². The zero-order chi connectivity index (χ0) is 9.42. The number of nitroso groups, excluding NO2 is 1. The monoisotopic (exact) mass is 214 g/mol. The maximum Gasteiger partial charge on any atom is 0.301 e. The first-order chi connectivity index (χ1) is 6.20. The lowest BCUT2D eigenvalue weighted by Crippen LogP contribution is -2.15. The quantitative estimate of drug-likeness (QED) is 0.369. The van der Waals surface area contributed by atoms with Crippen molar-refractivity contribution in [1.82, 2.24) is 0 Å². The zero-order valence-corrected chi connectivity index (χ0v) is 8.09. The van der Waals surface area contributed by atoms with Crippen LogP contribution in [0.1, 0.15) is 5.56 Å². The summed E-state index contributed by atoms with van der Waals surface area (Å²) in [5.74, 6) is 0. The first-order valence-corrected chi connectivity index (χ1v) is 4.59. The highest BCUT2D eigenvalue weighted by Gasteiger charge is 2.32. The van der Waals surface area contributed by atoms with Gasteiger partial charge >= 0.3 is 5.50 Å². The van der Waals surface area contributed by atoms with Gasteiger partial charge in [-0.3, -0.25) is 0 Å². The molecular formula is C9H6Cl2NO+. The van der Waals surface area contributed by atoms with Crippen molar-refractivity contribution in [3.8, 4) is 0 Å². The van der Waals surface area contributed by atoms with E-state index >= 15 is 0 Å². The van der Waals surface area contributed by atoms with E-state index in [2.05, 4.69) is 0 Å². The molecule has 0 fully saturated rings. The lowest BCUT2D eigenvalue weighted by atomic mass is 10.1. The average molecular weight is 215 g/mol. The molecule has 0 spiro atoms. The molecule has 0 bridgehead atoms. The highest BCUT2D eigenvalue weighted by molar-refractivity contribution is 6.49. The van der Waals surface area contributed by atoms with Crippen LogP contribution in [0.4, 0.5) is 5.69 Å². The zero-order valence-electron chi connectivity index (χ0n) is 6.58. The van der Waals surface area contributed by atoms with Crippen molar-refractivity contribution in [2.24, 2.45) is 0 Å². The third-order valence-electron chi connectivity index (χ3n) is 1.91. The summed E-state index contributed by atoms with van der Waals surface area (Å²) in [6.45, 7) is 0. The minimum absolute atomic E-state index is 0.523. The molecule has 13 heavy (non-hydrogen) atoms. The minimum atomic E-state index is -0.706. The average Bonchev–Trinajstić information content (AvgIpc) is 2.15. The van der Waals surface area contributed by atoms with Crippen LogP contribution in [0.3, 0.4) is 0 Å². The molecule has 1 aromatic rings. The summed E-state index contributed by atoms with van der Waals surface area (Å²) < 4.78 is 0.739. The maximum atomic E-state index is 11.4. The summed E-state index contributed by atoms with van der Waals surface area (Å²) in [5.41, 5.74) is 0.550. The first kappa shape index (κ1) is 8.73. The molecule has 0 aromatic heterocycles. The van der Waals surface area contributed by atoms with Crippen molar-refractivity contribution in [3.05, 3.63) is 40.8 Å². The third-order valence-corrected chi connectivity index (χ3v) is 2.54. The van der Waals surface area contributed by atoms with Gasteiger partial charge in [0.2, 0.25) is 0 Å². The molecule has 0 aliphatic carbocycles. The fourth-order valence-corrected chi connectivity index (χ4v) is 1.85. The predicted octanol–water partition coefficient (Wildman–Crippen LogP) is 3.26. The van der Waals surface area contributed by atoms with Crippen molar-refractivity contribution in [2.45, 2.75) is 5.50 Å². The van der Waals surface area contributed by atoms with E-state index in [1.165, 1.54) is 6.08 Å². The van der Waals surface area contributed by atoms with E-state index < -0.39 is 5.50 Å². The van der Waals surface area contributed by atoms with E-state index in [-0.39, 0.29) is 0 Å². The number of alkyl halides is 1. The molecule has 2 rings (SSSR count). The Kier molecular flexibility index (Phi) is 2.10. The van der Waals surface area contributed by atoms with Gasteiger partial charge in [-0.25, -0.2) is 0 Å². The second kappa shape index (κ2) is 3.13. The van der Waals surface area contributed by atoms with Crippen LogP contribution in [-0.4, -0.2) is 10.3 Å². The van der Waals surface area contributed by atoms with Crippen LogP contribution in [0.5, 0.6) is 0 Å². The van der Waals surface area contributed by atoms with Gasteiger partial charge in [0.1, 0.15) is 0 Å². The Balaban J connectivity index is 2.65. The van der Waals surface area contributed by atoms with Gasteiger partial charge < -0.3 is 0 Å². The van der Waals surface area contributed by atoms with Crippen LogP contribution in [-0.2, 0) is 0 Å². The lowest BCUT2D eigenvalue weighted by Gasteiger charge is -2.08. The van der Waals surface area contributed by atoms with Gasteiger partial charge in [-0.1, -0.05) is 23.7 Å². The molecule has 1 unspecified atom stereocenters. The Morgan fingerprint density at radius 3 is 2.77 bits per heavy atom. The van der Waals surface area contributed by atoms with Gasteiger partial charge in [-0.15, -0.1) is 0 Å². The number of hydrogen-bond acceptors (Lipinski definition) is 1. The summed E-state index contributed by atoms with van der Waals surface area (Å²) in [5, 5.41) is 0.530. The standard InChI is InChI=1S/C9H6Cl2NO/c10-7-5-9(11)12(13)8-4-2-1-3-6(7)8/h1-5,9H/q+1. The Bertz CT molecular complexity index is 400. The number of benzene rings is 1. The van der Waals surface area contributed by atoms with Gasteiger partial charge in [-0.05, 0) is 17.7 Å². The van der Waals surface area contributed by atoms with E-state index in [1.807, 2.05) is 6.07 Å². The normalized spacial score (nSPS) is 20.9. The largest absolute Gasteiger partial charge is 0.301 e. The van der Waals surface area contributed by atoms with Gasteiger partial charge in [0.15, 0.2) is 0 Å². The molecule has 1 aromatic carbocycles. The Morgan fingerprint density at radius 1 is 1.31 bits per heavy atom. The highest BCUT2D eigenvalue weighted by atomic mass is 35.5. The second-order valence-corrected chi connectivity index (χ2v) is 3.58. The van der Waals surface area contributed by atoms with Gasteiger partial charge in [0.25, 0.3) is 5.69 Å². The van der Waals surface area contributed by atoms with Crippen LogP contribution in [0.2, 0.25) is 0 Å². The number of para-hydroxylation sites is 1.